The number of benzene rings is 1. The van der Waals surface area contributed by atoms with Crippen LogP contribution in [0.4, 0.5) is 0 Å². The number of aryl methyl sites for hydroxylation is 1. The largest absolute Gasteiger partial charge is 0.353 e. The summed E-state index contributed by atoms with van der Waals surface area (Å²) in [5.41, 5.74) is 8.01. The molecule has 1 amide bonds. The van der Waals surface area contributed by atoms with Crippen LogP contribution in [0.5, 0.6) is 0 Å². The lowest BCUT2D eigenvalue weighted by atomic mass is 10.0. The third-order valence-electron chi connectivity index (χ3n) is 3.79. The second kappa shape index (κ2) is 6.01. The zero-order chi connectivity index (χ0) is 13.0. The minimum atomic E-state index is 0.115. The quantitative estimate of drug-likeness (QED) is 0.851. The highest BCUT2D eigenvalue weighted by atomic mass is 16.1. The van der Waals surface area contributed by atoms with E-state index >= 15 is 0 Å². The molecule has 1 aromatic rings. The van der Waals surface area contributed by atoms with Gasteiger partial charge in [-0.05, 0) is 37.8 Å². The average Bonchev–Trinajstić information content (AvgIpc) is 2.79. The Balaban J connectivity index is 1.86. The van der Waals surface area contributed by atoms with E-state index in [2.05, 4.69) is 5.32 Å². The molecule has 0 aromatic heterocycles. The predicted octanol–water partition coefficient (Wildman–Crippen LogP) is 1.78. The number of hydrogen-bond acceptors (Lipinski definition) is 2. The Kier molecular flexibility index (Phi) is 4.37. The van der Waals surface area contributed by atoms with Crippen LogP contribution in [0.1, 0.15) is 30.4 Å². The monoisotopic (exact) mass is 246 g/mol. The van der Waals surface area contributed by atoms with Crippen LogP contribution in [-0.4, -0.2) is 18.5 Å². The maximum atomic E-state index is 12.0. The Bertz CT molecular complexity index is 399. The van der Waals surface area contributed by atoms with Crippen LogP contribution in [0.25, 0.3) is 0 Å². The zero-order valence-corrected chi connectivity index (χ0v) is 11.0. The van der Waals surface area contributed by atoms with Crippen molar-refractivity contribution < 1.29 is 4.79 Å². The van der Waals surface area contributed by atoms with Crippen LogP contribution in [-0.2, 0) is 11.2 Å². The molecule has 1 fully saturated rings. The lowest BCUT2D eigenvalue weighted by Crippen LogP contribution is -2.40. The molecule has 0 aliphatic heterocycles. The molecule has 2 rings (SSSR count). The normalized spacial score (nSPS) is 23.0. The summed E-state index contributed by atoms with van der Waals surface area (Å²) in [6.45, 7) is 2.73. The molecule has 3 heteroatoms. The van der Waals surface area contributed by atoms with Crippen LogP contribution >= 0.6 is 0 Å². The average molecular weight is 246 g/mol. The zero-order valence-electron chi connectivity index (χ0n) is 11.0. The third kappa shape index (κ3) is 3.33. The highest BCUT2D eigenvalue weighted by Crippen LogP contribution is 2.24. The van der Waals surface area contributed by atoms with Gasteiger partial charge in [0, 0.05) is 6.04 Å². The first-order valence-electron chi connectivity index (χ1n) is 6.74. The Morgan fingerprint density at radius 2 is 2.06 bits per heavy atom. The van der Waals surface area contributed by atoms with Gasteiger partial charge in [0.25, 0.3) is 0 Å². The fourth-order valence-corrected chi connectivity index (χ4v) is 2.66. The van der Waals surface area contributed by atoms with Crippen molar-refractivity contribution in [3.63, 3.8) is 0 Å². The molecule has 0 saturated heterocycles. The molecule has 2 atom stereocenters. The summed E-state index contributed by atoms with van der Waals surface area (Å²) in [4.78, 5) is 12.0. The molecule has 3 N–H and O–H groups in total. The number of rotatable bonds is 4. The van der Waals surface area contributed by atoms with Crippen molar-refractivity contribution in [1.29, 1.82) is 0 Å². The molecule has 1 saturated carbocycles. The molecule has 18 heavy (non-hydrogen) atoms. The van der Waals surface area contributed by atoms with Gasteiger partial charge in [0.1, 0.15) is 0 Å². The topological polar surface area (TPSA) is 55.1 Å². The summed E-state index contributed by atoms with van der Waals surface area (Å²) in [5, 5.41) is 3.12. The van der Waals surface area contributed by atoms with Gasteiger partial charge in [0.05, 0.1) is 6.42 Å². The Labute approximate surface area is 109 Å². The molecule has 1 aliphatic rings. The first-order valence-corrected chi connectivity index (χ1v) is 6.74. The molecule has 98 valence electrons. The molecule has 2 unspecified atom stereocenters. The molecular weight excluding hydrogens is 224 g/mol. The number of hydrogen-bond donors (Lipinski definition) is 2. The number of carbonyl (C=O) groups excluding carboxylic acids is 1. The van der Waals surface area contributed by atoms with Crippen molar-refractivity contribution in [1.82, 2.24) is 5.32 Å². The van der Waals surface area contributed by atoms with Crippen molar-refractivity contribution in [2.24, 2.45) is 11.7 Å². The molecule has 0 bridgehead atoms. The molecule has 1 aromatic carbocycles. The SMILES string of the molecule is Cc1ccc(CC(=O)NC2CCCC2CN)cc1. The third-order valence-corrected chi connectivity index (χ3v) is 3.79. The highest BCUT2D eigenvalue weighted by Gasteiger charge is 2.27. The van der Waals surface area contributed by atoms with Crippen molar-refractivity contribution >= 4 is 5.91 Å². The fraction of sp³-hybridized carbons (Fsp3) is 0.533. The second-order valence-corrected chi connectivity index (χ2v) is 5.26. The van der Waals surface area contributed by atoms with E-state index in [4.69, 9.17) is 5.73 Å². The molecule has 0 spiro atoms. The molecule has 1 aliphatic carbocycles. The first kappa shape index (κ1) is 13.1. The summed E-state index contributed by atoms with van der Waals surface area (Å²) in [7, 11) is 0. The van der Waals surface area contributed by atoms with Crippen molar-refractivity contribution in [2.75, 3.05) is 6.54 Å². The van der Waals surface area contributed by atoms with Crippen LogP contribution in [0, 0.1) is 12.8 Å². The summed E-state index contributed by atoms with van der Waals surface area (Å²) >= 11 is 0. The summed E-state index contributed by atoms with van der Waals surface area (Å²) in [5.74, 6) is 0.580. The number of nitrogens with one attached hydrogen (secondary N) is 1. The van der Waals surface area contributed by atoms with E-state index in [0.29, 0.717) is 18.9 Å². The maximum Gasteiger partial charge on any atom is 0.224 e. The van der Waals surface area contributed by atoms with Gasteiger partial charge in [-0.1, -0.05) is 36.2 Å². The van der Waals surface area contributed by atoms with Crippen LogP contribution < -0.4 is 11.1 Å². The van der Waals surface area contributed by atoms with Gasteiger partial charge in [-0.2, -0.15) is 0 Å². The number of carbonyl (C=O) groups is 1. The van der Waals surface area contributed by atoms with Gasteiger partial charge in [0.2, 0.25) is 5.91 Å². The van der Waals surface area contributed by atoms with E-state index in [0.717, 1.165) is 18.4 Å². The smallest absolute Gasteiger partial charge is 0.224 e. The van der Waals surface area contributed by atoms with E-state index < -0.39 is 0 Å². The van der Waals surface area contributed by atoms with Crippen molar-refractivity contribution in [2.45, 2.75) is 38.6 Å². The van der Waals surface area contributed by atoms with Gasteiger partial charge >= 0.3 is 0 Å². The van der Waals surface area contributed by atoms with Gasteiger partial charge < -0.3 is 11.1 Å². The van der Waals surface area contributed by atoms with E-state index in [1.807, 2.05) is 31.2 Å². The van der Waals surface area contributed by atoms with E-state index in [-0.39, 0.29) is 11.9 Å². The van der Waals surface area contributed by atoms with Crippen molar-refractivity contribution in [3.05, 3.63) is 35.4 Å². The summed E-state index contributed by atoms with van der Waals surface area (Å²) < 4.78 is 0. The summed E-state index contributed by atoms with van der Waals surface area (Å²) in [6.07, 6.45) is 3.86. The second-order valence-electron chi connectivity index (χ2n) is 5.26. The van der Waals surface area contributed by atoms with Gasteiger partial charge in [0.15, 0.2) is 0 Å². The van der Waals surface area contributed by atoms with Gasteiger partial charge in [-0.15, -0.1) is 0 Å². The molecule has 0 radical (unpaired) electrons. The lowest BCUT2D eigenvalue weighted by molar-refractivity contribution is -0.121. The predicted molar refractivity (Wildman–Crippen MR) is 73.2 cm³/mol. The molecule has 0 heterocycles. The summed E-state index contributed by atoms with van der Waals surface area (Å²) in [6, 6.07) is 8.41. The maximum absolute atomic E-state index is 12.0. The van der Waals surface area contributed by atoms with Gasteiger partial charge in [-0.25, -0.2) is 0 Å². The van der Waals surface area contributed by atoms with E-state index in [1.54, 1.807) is 0 Å². The van der Waals surface area contributed by atoms with Gasteiger partial charge in [-0.3, -0.25) is 4.79 Å². The minimum Gasteiger partial charge on any atom is -0.353 e. The van der Waals surface area contributed by atoms with Crippen LogP contribution in [0.3, 0.4) is 0 Å². The van der Waals surface area contributed by atoms with Crippen molar-refractivity contribution in [3.8, 4) is 0 Å². The lowest BCUT2D eigenvalue weighted by Gasteiger charge is -2.19. The Hall–Kier alpha value is -1.35. The fourth-order valence-electron chi connectivity index (χ4n) is 2.66. The Morgan fingerprint density at radius 3 is 2.72 bits per heavy atom. The van der Waals surface area contributed by atoms with E-state index in [1.165, 1.54) is 12.0 Å². The number of nitrogens with two attached hydrogens (primary N) is 1. The highest BCUT2D eigenvalue weighted by molar-refractivity contribution is 5.78. The molecular formula is C15H22N2O. The molecule has 3 nitrogen and oxygen atoms in total. The first-order chi connectivity index (χ1) is 8.69. The van der Waals surface area contributed by atoms with Crippen LogP contribution in [0.2, 0.25) is 0 Å². The van der Waals surface area contributed by atoms with E-state index in [9.17, 15) is 4.79 Å². The minimum absolute atomic E-state index is 0.115. The standard InChI is InChI=1S/C15H22N2O/c1-11-5-7-12(8-6-11)9-15(18)17-14-4-2-3-13(14)10-16/h5-8,13-14H,2-4,9-10,16H2,1H3,(H,17,18). The number of amides is 1. The van der Waals surface area contributed by atoms with Crippen LogP contribution in [0.15, 0.2) is 24.3 Å². The Morgan fingerprint density at radius 1 is 1.33 bits per heavy atom.